The zero-order valence-corrected chi connectivity index (χ0v) is 13.2. The Morgan fingerprint density at radius 1 is 1.40 bits per heavy atom. The minimum Gasteiger partial charge on any atom is -0.379 e. The van der Waals surface area contributed by atoms with E-state index < -0.39 is 0 Å². The first-order chi connectivity index (χ1) is 9.55. The summed E-state index contributed by atoms with van der Waals surface area (Å²) in [5.41, 5.74) is 1.43. The van der Waals surface area contributed by atoms with Gasteiger partial charge in [0.2, 0.25) is 0 Å². The zero-order chi connectivity index (χ0) is 14.6. The molecule has 1 unspecified atom stereocenters. The van der Waals surface area contributed by atoms with Gasteiger partial charge in [-0.2, -0.15) is 5.10 Å². The summed E-state index contributed by atoms with van der Waals surface area (Å²) in [5, 5.41) is 7.75. The second kappa shape index (κ2) is 6.70. The normalized spacial score (nSPS) is 19.2. The molecule has 1 atom stereocenters. The van der Waals surface area contributed by atoms with Crippen molar-refractivity contribution in [2.45, 2.75) is 38.3 Å². The summed E-state index contributed by atoms with van der Waals surface area (Å²) in [5.74, 6) is 0. The van der Waals surface area contributed by atoms with Crippen LogP contribution >= 0.6 is 0 Å². The van der Waals surface area contributed by atoms with Crippen LogP contribution in [0.5, 0.6) is 0 Å². The van der Waals surface area contributed by atoms with Crippen molar-refractivity contribution in [3.05, 3.63) is 18.0 Å². The Kier molecular flexibility index (Phi) is 5.18. The lowest BCUT2D eigenvalue weighted by Gasteiger charge is -2.46. The third-order valence-corrected chi connectivity index (χ3v) is 4.64. The number of hydrogen-bond donors (Lipinski definition) is 1. The Morgan fingerprint density at radius 3 is 2.65 bits per heavy atom. The first-order valence-electron chi connectivity index (χ1n) is 7.52. The molecular weight excluding hydrogens is 252 g/mol. The number of aryl methyl sites for hydroxylation is 2. The van der Waals surface area contributed by atoms with Gasteiger partial charge < -0.3 is 10.1 Å². The number of ether oxygens (including phenoxy) is 1. The van der Waals surface area contributed by atoms with Crippen LogP contribution in [0.3, 0.4) is 0 Å². The van der Waals surface area contributed by atoms with Gasteiger partial charge in [0, 0.05) is 43.6 Å². The highest BCUT2D eigenvalue weighted by Crippen LogP contribution is 2.23. The smallest absolute Gasteiger partial charge is 0.0594 e. The van der Waals surface area contributed by atoms with Crippen LogP contribution in [-0.4, -0.2) is 59.6 Å². The third kappa shape index (κ3) is 3.40. The molecule has 0 amide bonds. The molecule has 1 N–H and O–H groups in total. The molecule has 1 saturated heterocycles. The Hall–Kier alpha value is -0.910. The first kappa shape index (κ1) is 15.5. The van der Waals surface area contributed by atoms with E-state index in [1.165, 1.54) is 5.69 Å². The molecule has 114 valence electrons. The quantitative estimate of drug-likeness (QED) is 0.846. The van der Waals surface area contributed by atoms with E-state index in [1.54, 1.807) is 0 Å². The van der Waals surface area contributed by atoms with Gasteiger partial charge in [-0.1, -0.05) is 0 Å². The predicted molar refractivity (Wildman–Crippen MR) is 80.8 cm³/mol. The Bertz CT molecular complexity index is 410. The summed E-state index contributed by atoms with van der Waals surface area (Å²) >= 11 is 0. The molecule has 0 radical (unpaired) electrons. The van der Waals surface area contributed by atoms with Gasteiger partial charge in [0.15, 0.2) is 0 Å². The maximum absolute atomic E-state index is 5.47. The molecule has 0 aromatic carbocycles. The van der Waals surface area contributed by atoms with Crippen LogP contribution in [0.4, 0.5) is 0 Å². The van der Waals surface area contributed by atoms with Gasteiger partial charge in [-0.3, -0.25) is 9.58 Å². The highest BCUT2D eigenvalue weighted by Gasteiger charge is 2.35. The van der Waals surface area contributed by atoms with Gasteiger partial charge in [0.05, 0.1) is 13.2 Å². The largest absolute Gasteiger partial charge is 0.379 e. The molecule has 5 nitrogen and oxygen atoms in total. The topological polar surface area (TPSA) is 42.3 Å². The van der Waals surface area contributed by atoms with Crippen LogP contribution in [0.2, 0.25) is 0 Å². The second-order valence-corrected chi connectivity index (χ2v) is 6.08. The maximum atomic E-state index is 5.47. The van der Waals surface area contributed by atoms with Crippen molar-refractivity contribution >= 4 is 0 Å². The summed E-state index contributed by atoms with van der Waals surface area (Å²) in [6.07, 6.45) is 4.03. The summed E-state index contributed by atoms with van der Waals surface area (Å²) < 4.78 is 7.44. The molecule has 1 fully saturated rings. The average Bonchev–Trinajstić information content (AvgIpc) is 2.86. The van der Waals surface area contributed by atoms with Gasteiger partial charge in [-0.25, -0.2) is 0 Å². The van der Waals surface area contributed by atoms with E-state index in [-0.39, 0.29) is 5.54 Å². The van der Waals surface area contributed by atoms with Gasteiger partial charge in [-0.15, -0.1) is 0 Å². The number of rotatable bonds is 6. The van der Waals surface area contributed by atoms with Gasteiger partial charge >= 0.3 is 0 Å². The molecule has 2 rings (SSSR count). The first-order valence-corrected chi connectivity index (χ1v) is 7.52. The van der Waals surface area contributed by atoms with Crippen LogP contribution < -0.4 is 5.32 Å². The Labute approximate surface area is 122 Å². The maximum Gasteiger partial charge on any atom is 0.0594 e. The lowest BCUT2D eigenvalue weighted by Crippen LogP contribution is -2.59. The van der Waals surface area contributed by atoms with Gasteiger partial charge in [-0.05, 0) is 39.8 Å². The number of aromatic nitrogens is 2. The second-order valence-electron chi connectivity index (χ2n) is 6.08. The number of nitrogens with one attached hydrogen (secondary N) is 1. The lowest BCUT2D eigenvalue weighted by atomic mass is 9.88. The molecule has 0 bridgehead atoms. The molecule has 0 saturated carbocycles. The fraction of sp³-hybridized carbons (Fsp3) is 0.800. The molecular formula is C15H28N4O. The van der Waals surface area contributed by atoms with Crippen LogP contribution in [0.1, 0.15) is 26.0 Å². The molecule has 0 aliphatic carbocycles. The van der Waals surface area contributed by atoms with E-state index in [4.69, 9.17) is 4.74 Å². The summed E-state index contributed by atoms with van der Waals surface area (Å²) in [4.78, 5) is 2.54. The van der Waals surface area contributed by atoms with E-state index in [9.17, 15) is 0 Å². The Balaban J connectivity index is 1.97. The number of likely N-dealkylation sites (N-methyl/N-ethyl adjacent to an activating group) is 1. The van der Waals surface area contributed by atoms with E-state index in [0.29, 0.717) is 6.04 Å². The summed E-state index contributed by atoms with van der Waals surface area (Å²) in [7, 11) is 4.08. The predicted octanol–water partition coefficient (Wildman–Crippen LogP) is 1.05. The third-order valence-electron chi connectivity index (χ3n) is 4.64. The van der Waals surface area contributed by atoms with Gasteiger partial charge in [0.25, 0.3) is 0 Å². The average molecular weight is 280 g/mol. The molecule has 20 heavy (non-hydrogen) atoms. The molecule has 1 aliphatic heterocycles. The molecule has 1 aromatic heterocycles. The van der Waals surface area contributed by atoms with E-state index >= 15 is 0 Å². The van der Waals surface area contributed by atoms with Crippen LogP contribution in [0.25, 0.3) is 0 Å². The summed E-state index contributed by atoms with van der Waals surface area (Å²) in [6.45, 7) is 8.42. The van der Waals surface area contributed by atoms with Crippen LogP contribution in [0.15, 0.2) is 12.3 Å². The number of morpholine rings is 1. The monoisotopic (exact) mass is 280 g/mol. The standard InChI is InChI=1S/C15H28N4O/c1-15(2,19-9-11-20-12-10-19)14(16-3)6-5-13-7-8-17-18(13)4/h7-8,14,16H,5-6,9-12H2,1-4H3. The van der Waals surface area contributed by atoms with Crippen molar-refractivity contribution in [3.63, 3.8) is 0 Å². The number of nitrogens with zero attached hydrogens (tertiary/aromatic N) is 3. The molecule has 2 heterocycles. The minimum absolute atomic E-state index is 0.136. The van der Waals surface area contributed by atoms with Crippen LogP contribution in [0, 0.1) is 0 Å². The van der Waals surface area contributed by atoms with Crippen molar-refractivity contribution in [3.8, 4) is 0 Å². The minimum atomic E-state index is 0.136. The van der Waals surface area contributed by atoms with E-state index in [0.717, 1.165) is 39.1 Å². The van der Waals surface area contributed by atoms with E-state index in [1.807, 2.05) is 17.9 Å². The van der Waals surface area contributed by atoms with Crippen molar-refractivity contribution < 1.29 is 4.74 Å². The van der Waals surface area contributed by atoms with Crippen molar-refractivity contribution in [1.29, 1.82) is 0 Å². The number of hydrogen-bond acceptors (Lipinski definition) is 4. The SMILES string of the molecule is CNC(CCc1ccnn1C)C(C)(C)N1CCOCC1. The fourth-order valence-corrected chi connectivity index (χ4v) is 3.15. The van der Waals surface area contributed by atoms with Crippen molar-refractivity contribution in [2.75, 3.05) is 33.4 Å². The highest BCUT2D eigenvalue weighted by molar-refractivity contribution is 5.02. The fourth-order valence-electron chi connectivity index (χ4n) is 3.15. The highest BCUT2D eigenvalue weighted by atomic mass is 16.5. The molecule has 5 heteroatoms. The van der Waals surface area contributed by atoms with E-state index in [2.05, 4.69) is 42.3 Å². The van der Waals surface area contributed by atoms with Crippen LogP contribution in [-0.2, 0) is 18.2 Å². The lowest BCUT2D eigenvalue weighted by molar-refractivity contribution is -0.0234. The van der Waals surface area contributed by atoms with Gasteiger partial charge in [0.1, 0.15) is 0 Å². The molecule has 1 aromatic rings. The Morgan fingerprint density at radius 2 is 2.10 bits per heavy atom. The van der Waals surface area contributed by atoms with Crippen molar-refractivity contribution in [1.82, 2.24) is 20.0 Å². The zero-order valence-electron chi connectivity index (χ0n) is 13.2. The summed E-state index contributed by atoms with van der Waals surface area (Å²) in [6, 6.07) is 2.56. The van der Waals surface area contributed by atoms with Crippen molar-refractivity contribution in [2.24, 2.45) is 7.05 Å². The molecule has 1 aliphatic rings. The molecule has 0 spiro atoms.